The number of para-hydroxylation sites is 1. The Kier molecular flexibility index (Phi) is 7.97. The molecule has 9 heteroatoms. The Morgan fingerprint density at radius 1 is 1.00 bits per heavy atom. The van der Waals surface area contributed by atoms with Crippen LogP contribution in [-0.4, -0.2) is 63.9 Å². The Morgan fingerprint density at radius 3 is 2.24 bits per heavy atom. The van der Waals surface area contributed by atoms with Crippen LogP contribution in [0.1, 0.15) is 18.4 Å². The summed E-state index contributed by atoms with van der Waals surface area (Å²) in [5.74, 6) is 0.407. The molecule has 8 nitrogen and oxygen atoms in total. The lowest BCUT2D eigenvalue weighted by atomic mass is 10.1. The molecule has 33 heavy (non-hydrogen) atoms. The molecular formula is C24H28FNO7. The standard InChI is InChI=1S/C24H28FNO7/c1-29-15-12-21(30-2)17(22(13-15)31-3)9-10-23(27)26-14-16(11-19(26)24(28)32-4)33-20-8-6-5-7-18(20)25/h5-8,12-13,16,19H,9-11,14H2,1-4H3. The summed E-state index contributed by atoms with van der Waals surface area (Å²) in [6.45, 7) is 0.143. The van der Waals surface area contributed by atoms with Gasteiger partial charge in [0.25, 0.3) is 0 Å². The maximum absolute atomic E-state index is 14.0. The largest absolute Gasteiger partial charge is 0.496 e. The first-order valence-corrected chi connectivity index (χ1v) is 10.5. The maximum atomic E-state index is 14.0. The molecule has 2 aromatic rings. The van der Waals surface area contributed by atoms with Crippen LogP contribution in [0.2, 0.25) is 0 Å². The topological polar surface area (TPSA) is 83.5 Å². The first-order valence-electron chi connectivity index (χ1n) is 10.5. The SMILES string of the molecule is COC(=O)C1CC(Oc2ccccc2F)CN1C(=O)CCc1c(OC)cc(OC)cc1OC. The molecule has 0 spiro atoms. The molecule has 1 heterocycles. The van der Waals surface area contributed by atoms with E-state index in [0.717, 1.165) is 0 Å². The number of likely N-dealkylation sites (tertiary alicyclic amines) is 1. The van der Waals surface area contributed by atoms with Crippen molar-refractivity contribution in [1.29, 1.82) is 0 Å². The molecule has 0 aromatic heterocycles. The van der Waals surface area contributed by atoms with Gasteiger partial charge in [-0.2, -0.15) is 0 Å². The van der Waals surface area contributed by atoms with Gasteiger partial charge < -0.3 is 28.6 Å². The number of methoxy groups -OCH3 is 4. The lowest BCUT2D eigenvalue weighted by Crippen LogP contribution is -2.41. The number of esters is 1. The molecule has 0 radical (unpaired) electrons. The zero-order valence-corrected chi connectivity index (χ0v) is 19.1. The van der Waals surface area contributed by atoms with Crippen molar-refractivity contribution in [2.75, 3.05) is 35.0 Å². The number of halogens is 1. The number of amides is 1. The number of hydrogen-bond acceptors (Lipinski definition) is 7. The average Bonchev–Trinajstić information content (AvgIpc) is 3.26. The van der Waals surface area contributed by atoms with Crippen molar-refractivity contribution in [3.63, 3.8) is 0 Å². The minimum Gasteiger partial charge on any atom is -0.496 e. The summed E-state index contributed by atoms with van der Waals surface area (Å²) in [5.41, 5.74) is 0.710. The van der Waals surface area contributed by atoms with Crippen LogP contribution < -0.4 is 18.9 Å². The van der Waals surface area contributed by atoms with Gasteiger partial charge in [-0.1, -0.05) is 12.1 Å². The summed E-state index contributed by atoms with van der Waals surface area (Å²) < 4.78 is 40.8. The van der Waals surface area contributed by atoms with Crippen LogP contribution in [0.5, 0.6) is 23.0 Å². The van der Waals surface area contributed by atoms with Crippen molar-refractivity contribution in [3.05, 3.63) is 47.8 Å². The van der Waals surface area contributed by atoms with E-state index in [0.29, 0.717) is 29.2 Å². The van der Waals surface area contributed by atoms with E-state index in [1.165, 1.54) is 45.5 Å². The van der Waals surface area contributed by atoms with Crippen molar-refractivity contribution >= 4 is 11.9 Å². The van der Waals surface area contributed by atoms with E-state index in [1.807, 2.05) is 0 Å². The van der Waals surface area contributed by atoms with E-state index < -0.39 is 23.9 Å². The fourth-order valence-corrected chi connectivity index (χ4v) is 3.94. The monoisotopic (exact) mass is 461 g/mol. The Hall–Kier alpha value is -3.49. The second-order valence-electron chi connectivity index (χ2n) is 7.50. The highest BCUT2D eigenvalue weighted by Crippen LogP contribution is 2.35. The molecule has 1 aliphatic rings. The number of carbonyl (C=O) groups is 2. The molecule has 2 atom stereocenters. The number of benzene rings is 2. The number of hydrogen-bond donors (Lipinski definition) is 0. The van der Waals surface area contributed by atoms with Crippen LogP contribution >= 0.6 is 0 Å². The molecule has 2 unspecified atom stereocenters. The van der Waals surface area contributed by atoms with Gasteiger partial charge in [0.15, 0.2) is 11.6 Å². The predicted molar refractivity (Wildman–Crippen MR) is 117 cm³/mol. The zero-order chi connectivity index (χ0) is 24.0. The molecule has 3 rings (SSSR count). The molecule has 0 bridgehead atoms. The summed E-state index contributed by atoms with van der Waals surface area (Å²) in [7, 11) is 5.86. The van der Waals surface area contributed by atoms with E-state index in [-0.39, 0.29) is 31.0 Å². The normalized spacial score (nSPS) is 17.4. The van der Waals surface area contributed by atoms with Crippen molar-refractivity contribution in [1.82, 2.24) is 4.90 Å². The molecule has 1 fully saturated rings. The van der Waals surface area contributed by atoms with Gasteiger partial charge in [0, 0.05) is 30.5 Å². The van der Waals surface area contributed by atoms with E-state index in [9.17, 15) is 14.0 Å². The quantitative estimate of drug-likeness (QED) is 0.531. The van der Waals surface area contributed by atoms with Crippen LogP contribution in [0, 0.1) is 5.82 Å². The fraction of sp³-hybridized carbons (Fsp3) is 0.417. The van der Waals surface area contributed by atoms with Crippen LogP contribution in [-0.2, 0) is 20.7 Å². The van der Waals surface area contributed by atoms with Crippen molar-refractivity contribution in [2.45, 2.75) is 31.4 Å². The van der Waals surface area contributed by atoms with Crippen LogP contribution in [0.3, 0.4) is 0 Å². The molecule has 0 N–H and O–H groups in total. The smallest absolute Gasteiger partial charge is 0.328 e. The van der Waals surface area contributed by atoms with Crippen LogP contribution in [0.15, 0.2) is 36.4 Å². The van der Waals surface area contributed by atoms with Gasteiger partial charge in [-0.3, -0.25) is 4.79 Å². The third-order valence-corrected chi connectivity index (χ3v) is 5.59. The highest BCUT2D eigenvalue weighted by Gasteiger charge is 2.41. The molecule has 0 aliphatic carbocycles. The van der Waals surface area contributed by atoms with Gasteiger partial charge >= 0.3 is 5.97 Å². The highest BCUT2D eigenvalue weighted by molar-refractivity contribution is 5.85. The number of ether oxygens (including phenoxy) is 5. The Balaban J connectivity index is 1.75. The van der Waals surface area contributed by atoms with E-state index in [1.54, 1.807) is 24.3 Å². The molecule has 1 amide bonds. The maximum Gasteiger partial charge on any atom is 0.328 e. The van der Waals surface area contributed by atoms with E-state index in [4.69, 9.17) is 23.7 Å². The highest BCUT2D eigenvalue weighted by atomic mass is 19.1. The van der Waals surface area contributed by atoms with Gasteiger partial charge in [0.1, 0.15) is 29.4 Å². The average molecular weight is 461 g/mol. The number of nitrogens with zero attached hydrogens (tertiary/aromatic N) is 1. The summed E-state index contributed by atoms with van der Waals surface area (Å²) >= 11 is 0. The minimum absolute atomic E-state index is 0.0770. The fourth-order valence-electron chi connectivity index (χ4n) is 3.94. The second-order valence-corrected chi connectivity index (χ2v) is 7.50. The Morgan fingerprint density at radius 2 is 1.67 bits per heavy atom. The van der Waals surface area contributed by atoms with Crippen molar-refractivity contribution in [2.24, 2.45) is 0 Å². The number of carbonyl (C=O) groups excluding carboxylic acids is 2. The molecule has 1 saturated heterocycles. The molecule has 2 aromatic carbocycles. The Bertz CT molecular complexity index is 972. The second kappa shape index (κ2) is 10.9. The lowest BCUT2D eigenvalue weighted by molar-refractivity contribution is -0.150. The minimum atomic E-state index is -0.807. The summed E-state index contributed by atoms with van der Waals surface area (Å²) in [6.07, 6.45) is 0.0826. The molecular weight excluding hydrogens is 433 g/mol. The van der Waals surface area contributed by atoms with Crippen molar-refractivity contribution in [3.8, 4) is 23.0 Å². The van der Waals surface area contributed by atoms with Crippen molar-refractivity contribution < 1.29 is 37.7 Å². The Labute approximate surface area is 192 Å². The van der Waals surface area contributed by atoms with E-state index >= 15 is 0 Å². The van der Waals surface area contributed by atoms with Gasteiger partial charge in [0.05, 0.1) is 35.0 Å². The molecule has 178 valence electrons. The first-order chi connectivity index (χ1) is 15.9. The molecule has 0 saturated carbocycles. The lowest BCUT2D eigenvalue weighted by Gasteiger charge is -2.23. The van der Waals surface area contributed by atoms with Crippen LogP contribution in [0.25, 0.3) is 0 Å². The summed E-state index contributed by atoms with van der Waals surface area (Å²) in [6, 6.07) is 8.64. The molecule has 1 aliphatic heterocycles. The third-order valence-electron chi connectivity index (χ3n) is 5.59. The van der Waals surface area contributed by atoms with Gasteiger partial charge in [0.2, 0.25) is 5.91 Å². The predicted octanol–water partition coefficient (Wildman–Crippen LogP) is 3.01. The van der Waals surface area contributed by atoms with Gasteiger partial charge in [-0.05, 0) is 18.6 Å². The summed E-state index contributed by atoms with van der Waals surface area (Å²) in [5, 5.41) is 0. The van der Waals surface area contributed by atoms with Gasteiger partial charge in [-0.25, -0.2) is 9.18 Å². The zero-order valence-electron chi connectivity index (χ0n) is 19.1. The first kappa shape index (κ1) is 24.2. The third kappa shape index (κ3) is 5.47. The summed E-state index contributed by atoms with van der Waals surface area (Å²) in [4.78, 5) is 26.9. The van der Waals surface area contributed by atoms with E-state index in [2.05, 4.69) is 0 Å². The number of rotatable bonds is 9. The van der Waals surface area contributed by atoms with Gasteiger partial charge in [-0.15, -0.1) is 0 Å². The van der Waals surface area contributed by atoms with Crippen LogP contribution in [0.4, 0.5) is 4.39 Å².